The minimum absolute atomic E-state index is 0.490. The Kier molecular flexibility index (Phi) is 6.27. The van der Waals surface area contributed by atoms with Crippen molar-refractivity contribution in [2.24, 2.45) is 5.92 Å². The van der Waals surface area contributed by atoms with Crippen LogP contribution in [0.5, 0.6) is 0 Å². The zero-order valence-electron chi connectivity index (χ0n) is 13.8. The van der Waals surface area contributed by atoms with Gasteiger partial charge in [0.15, 0.2) is 0 Å². The summed E-state index contributed by atoms with van der Waals surface area (Å²) in [5, 5.41) is 6.98. The summed E-state index contributed by atoms with van der Waals surface area (Å²) in [5.74, 6) is 3.61. The van der Waals surface area contributed by atoms with Crippen LogP contribution in [-0.4, -0.2) is 22.6 Å². The zero-order chi connectivity index (χ0) is 15.1. The van der Waals surface area contributed by atoms with Gasteiger partial charge in [-0.2, -0.15) is 0 Å². The summed E-state index contributed by atoms with van der Waals surface area (Å²) < 4.78 is 0. The second-order valence-corrected chi connectivity index (χ2v) is 6.17. The van der Waals surface area contributed by atoms with Gasteiger partial charge in [0.2, 0.25) is 0 Å². The molecule has 1 aliphatic carbocycles. The van der Waals surface area contributed by atoms with E-state index >= 15 is 0 Å². The standard InChI is InChI=1S/C17H30N4/c1-4-11-18-16-12-17(21-15(5-2)20-16)19-13(3)14-9-7-6-8-10-14/h12-14H,4-11H2,1-3H3,(H2,18,19,20,21). The van der Waals surface area contributed by atoms with Crippen LogP contribution in [-0.2, 0) is 6.42 Å². The van der Waals surface area contributed by atoms with Crippen LogP contribution in [0, 0.1) is 5.92 Å². The van der Waals surface area contributed by atoms with Gasteiger partial charge in [0, 0.05) is 25.1 Å². The van der Waals surface area contributed by atoms with E-state index in [1.807, 2.05) is 6.07 Å². The van der Waals surface area contributed by atoms with Gasteiger partial charge in [-0.1, -0.05) is 33.1 Å². The Morgan fingerprint density at radius 1 is 1.14 bits per heavy atom. The number of hydrogen-bond acceptors (Lipinski definition) is 4. The third kappa shape index (κ3) is 4.87. The van der Waals surface area contributed by atoms with E-state index in [1.165, 1.54) is 32.1 Å². The van der Waals surface area contributed by atoms with Crippen LogP contribution in [0.2, 0.25) is 0 Å². The van der Waals surface area contributed by atoms with E-state index in [0.717, 1.165) is 42.8 Å². The summed E-state index contributed by atoms with van der Waals surface area (Å²) in [6, 6.07) is 2.54. The van der Waals surface area contributed by atoms with Crippen molar-refractivity contribution in [3.8, 4) is 0 Å². The molecule has 1 fully saturated rings. The summed E-state index contributed by atoms with van der Waals surface area (Å²) in [5.41, 5.74) is 0. The van der Waals surface area contributed by atoms with Gasteiger partial charge < -0.3 is 10.6 Å². The molecule has 1 aromatic rings. The third-order valence-corrected chi connectivity index (χ3v) is 4.38. The topological polar surface area (TPSA) is 49.8 Å². The lowest BCUT2D eigenvalue weighted by atomic mass is 9.84. The van der Waals surface area contributed by atoms with Crippen molar-refractivity contribution in [2.45, 2.75) is 71.8 Å². The van der Waals surface area contributed by atoms with E-state index in [9.17, 15) is 0 Å². The van der Waals surface area contributed by atoms with Crippen LogP contribution in [0.15, 0.2) is 6.07 Å². The molecule has 0 radical (unpaired) electrons. The van der Waals surface area contributed by atoms with Gasteiger partial charge in [-0.3, -0.25) is 0 Å². The Bertz CT molecular complexity index is 427. The van der Waals surface area contributed by atoms with E-state index in [2.05, 4.69) is 41.4 Å². The summed E-state index contributed by atoms with van der Waals surface area (Å²) >= 11 is 0. The number of rotatable bonds is 7. The molecule has 21 heavy (non-hydrogen) atoms. The first-order valence-corrected chi connectivity index (χ1v) is 8.61. The Labute approximate surface area is 129 Å². The maximum atomic E-state index is 4.63. The Morgan fingerprint density at radius 2 is 1.86 bits per heavy atom. The first kappa shape index (κ1) is 16.1. The van der Waals surface area contributed by atoms with Crippen molar-refractivity contribution < 1.29 is 0 Å². The van der Waals surface area contributed by atoms with Crippen molar-refractivity contribution in [1.82, 2.24) is 9.97 Å². The summed E-state index contributed by atoms with van der Waals surface area (Å²) in [6.45, 7) is 7.52. The second-order valence-electron chi connectivity index (χ2n) is 6.17. The molecule has 0 bridgehead atoms. The largest absolute Gasteiger partial charge is 0.370 e. The van der Waals surface area contributed by atoms with Gasteiger partial charge in [-0.15, -0.1) is 0 Å². The molecule has 4 heteroatoms. The average molecular weight is 290 g/mol. The van der Waals surface area contributed by atoms with E-state index in [-0.39, 0.29) is 0 Å². The summed E-state index contributed by atoms with van der Waals surface area (Å²) in [6.07, 6.45) is 8.83. The highest BCUT2D eigenvalue weighted by Gasteiger charge is 2.20. The zero-order valence-corrected chi connectivity index (χ0v) is 13.8. The van der Waals surface area contributed by atoms with E-state index in [0.29, 0.717) is 6.04 Å². The van der Waals surface area contributed by atoms with Crippen LogP contribution in [0.3, 0.4) is 0 Å². The molecular weight excluding hydrogens is 260 g/mol. The van der Waals surface area contributed by atoms with E-state index < -0.39 is 0 Å². The molecule has 0 saturated heterocycles. The lowest BCUT2D eigenvalue weighted by Crippen LogP contribution is -2.28. The number of nitrogens with zero attached hydrogens (tertiary/aromatic N) is 2. The molecule has 1 aliphatic rings. The minimum atomic E-state index is 0.490. The molecule has 2 rings (SSSR count). The number of aromatic nitrogens is 2. The number of aryl methyl sites for hydroxylation is 1. The molecule has 4 nitrogen and oxygen atoms in total. The van der Waals surface area contributed by atoms with Crippen molar-refractivity contribution in [2.75, 3.05) is 17.2 Å². The minimum Gasteiger partial charge on any atom is -0.370 e. The Balaban J connectivity index is 2.03. The quantitative estimate of drug-likeness (QED) is 0.788. The van der Waals surface area contributed by atoms with Crippen LogP contribution < -0.4 is 10.6 Å². The predicted molar refractivity (Wildman–Crippen MR) is 89.9 cm³/mol. The van der Waals surface area contributed by atoms with Gasteiger partial charge in [0.05, 0.1) is 0 Å². The Morgan fingerprint density at radius 3 is 2.52 bits per heavy atom. The van der Waals surface area contributed by atoms with Crippen LogP contribution in [0.25, 0.3) is 0 Å². The molecular formula is C17H30N4. The third-order valence-electron chi connectivity index (χ3n) is 4.38. The Hall–Kier alpha value is -1.32. The predicted octanol–water partition coefficient (Wildman–Crippen LogP) is 4.24. The van der Waals surface area contributed by atoms with Crippen LogP contribution >= 0.6 is 0 Å². The van der Waals surface area contributed by atoms with Crippen molar-refractivity contribution >= 4 is 11.6 Å². The van der Waals surface area contributed by atoms with Crippen molar-refractivity contribution in [1.29, 1.82) is 0 Å². The molecule has 0 amide bonds. The molecule has 0 aromatic carbocycles. The maximum absolute atomic E-state index is 4.63. The van der Waals surface area contributed by atoms with Gasteiger partial charge in [0.25, 0.3) is 0 Å². The maximum Gasteiger partial charge on any atom is 0.132 e. The smallest absolute Gasteiger partial charge is 0.132 e. The first-order valence-electron chi connectivity index (χ1n) is 8.61. The monoisotopic (exact) mass is 290 g/mol. The normalized spacial score (nSPS) is 17.5. The molecule has 1 atom stereocenters. The average Bonchev–Trinajstić information content (AvgIpc) is 2.53. The second kappa shape index (κ2) is 8.20. The van der Waals surface area contributed by atoms with Gasteiger partial charge in [-0.05, 0) is 32.1 Å². The van der Waals surface area contributed by atoms with Crippen molar-refractivity contribution in [3.05, 3.63) is 11.9 Å². The number of anilines is 2. The molecule has 1 heterocycles. The molecule has 0 spiro atoms. The molecule has 0 aliphatic heterocycles. The molecule has 118 valence electrons. The highest BCUT2D eigenvalue weighted by Crippen LogP contribution is 2.28. The fraction of sp³-hybridized carbons (Fsp3) is 0.765. The van der Waals surface area contributed by atoms with E-state index in [4.69, 9.17) is 0 Å². The molecule has 2 N–H and O–H groups in total. The highest BCUT2D eigenvalue weighted by molar-refractivity contribution is 5.48. The fourth-order valence-corrected chi connectivity index (χ4v) is 3.06. The van der Waals surface area contributed by atoms with Crippen molar-refractivity contribution in [3.63, 3.8) is 0 Å². The van der Waals surface area contributed by atoms with Crippen LogP contribution in [0.4, 0.5) is 11.6 Å². The first-order chi connectivity index (χ1) is 10.2. The highest BCUT2D eigenvalue weighted by atomic mass is 15.1. The lowest BCUT2D eigenvalue weighted by Gasteiger charge is -2.28. The van der Waals surface area contributed by atoms with Gasteiger partial charge >= 0.3 is 0 Å². The van der Waals surface area contributed by atoms with E-state index in [1.54, 1.807) is 0 Å². The number of nitrogens with one attached hydrogen (secondary N) is 2. The summed E-state index contributed by atoms with van der Waals surface area (Å²) in [4.78, 5) is 9.18. The molecule has 1 saturated carbocycles. The molecule has 1 aromatic heterocycles. The van der Waals surface area contributed by atoms with Gasteiger partial charge in [-0.25, -0.2) is 9.97 Å². The molecule has 1 unspecified atom stereocenters. The van der Waals surface area contributed by atoms with Gasteiger partial charge in [0.1, 0.15) is 17.5 Å². The number of hydrogen-bond donors (Lipinski definition) is 2. The lowest BCUT2D eigenvalue weighted by molar-refractivity contribution is 0.328. The SMILES string of the molecule is CCCNc1cc(NC(C)C2CCCCC2)nc(CC)n1. The fourth-order valence-electron chi connectivity index (χ4n) is 3.06. The summed E-state index contributed by atoms with van der Waals surface area (Å²) in [7, 11) is 0. The van der Waals surface area contributed by atoms with Crippen LogP contribution in [0.1, 0.15) is 65.1 Å².